The lowest BCUT2D eigenvalue weighted by atomic mass is 10.0. The highest BCUT2D eigenvalue weighted by molar-refractivity contribution is 6.01. The maximum absolute atomic E-state index is 12.0. The zero-order valence-electron chi connectivity index (χ0n) is 11.2. The van der Waals surface area contributed by atoms with Gasteiger partial charge in [-0.3, -0.25) is 4.79 Å². The zero-order chi connectivity index (χ0) is 13.5. The largest absolute Gasteiger partial charge is 0.385 e. The average Bonchev–Trinajstić information content (AvgIpc) is 2.46. The van der Waals surface area contributed by atoms with Gasteiger partial charge in [0.1, 0.15) is 0 Å². The molecule has 100 valence electrons. The Labute approximate surface area is 113 Å². The molecule has 0 aromatic heterocycles. The van der Waals surface area contributed by atoms with Crippen LogP contribution >= 0.6 is 0 Å². The Bertz CT molecular complexity index is 551. The molecule has 19 heavy (non-hydrogen) atoms. The number of nitrogens with one attached hydrogen (secondary N) is 1. The minimum absolute atomic E-state index is 0.128. The molecule has 0 aliphatic heterocycles. The molecule has 2 aromatic rings. The summed E-state index contributed by atoms with van der Waals surface area (Å²) in [6.07, 6.45) is 0.918. The molecule has 0 bridgehead atoms. The van der Waals surface area contributed by atoms with Crippen LogP contribution in [0, 0.1) is 0 Å². The molecule has 0 aliphatic carbocycles. The molecule has 0 saturated heterocycles. The fourth-order valence-corrected chi connectivity index (χ4v) is 2.01. The second-order valence-corrected chi connectivity index (χ2v) is 4.51. The van der Waals surface area contributed by atoms with Gasteiger partial charge >= 0.3 is 0 Å². The van der Waals surface area contributed by atoms with Gasteiger partial charge in [0.2, 0.25) is 0 Å². The Kier molecular flexibility index (Phi) is 5.07. The van der Waals surface area contributed by atoms with Crippen molar-refractivity contribution in [2.45, 2.75) is 6.42 Å². The number of ether oxygens (including phenoxy) is 1. The third kappa shape index (κ3) is 3.88. The van der Waals surface area contributed by atoms with E-state index < -0.39 is 0 Å². The number of hydrogen-bond donors (Lipinski definition) is 1. The SMILES string of the molecule is COCCCNCC(=O)c1ccc2ccccc2c1. The summed E-state index contributed by atoms with van der Waals surface area (Å²) < 4.78 is 4.96. The Morgan fingerprint density at radius 1 is 1.16 bits per heavy atom. The fourth-order valence-electron chi connectivity index (χ4n) is 2.01. The lowest BCUT2D eigenvalue weighted by molar-refractivity contribution is 0.0990. The fraction of sp³-hybridized carbons (Fsp3) is 0.312. The van der Waals surface area contributed by atoms with Crippen molar-refractivity contribution in [2.24, 2.45) is 0 Å². The van der Waals surface area contributed by atoms with E-state index in [1.165, 1.54) is 0 Å². The Hall–Kier alpha value is -1.71. The number of fused-ring (bicyclic) bond motifs is 1. The van der Waals surface area contributed by atoms with E-state index in [1.54, 1.807) is 7.11 Å². The summed E-state index contributed by atoms with van der Waals surface area (Å²) >= 11 is 0. The molecule has 0 heterocycles. The molecular weight excluding hydrogens is 238 g/mol. The molecule has 2 aromatic carbocycles. The molecule has 3 nitrogen and oxygen atoms in total. The Balaban J connectivity index is 1.93. The molecule has 0 radical (unpaired) electrons. The van der Waals surface area contributed by atoms with Gasteiger partial charge in [-0.15, -0.1) is 0 Å². The summed E-state index contributed by atoms with van der Waals surface area (Å²) in [4.78, 5) is 12.0. The molecule has 0 spiro atoms. The predicted molar refractivity (Wildman–Crippen MR) is 77.6 cm³/mol. The molecular formula is C16H19NO2. The van der Waals surface area contributed by atoms with Crippen LogP contribution in [0.1, 0.15) is 16.8 Å². The highest BCUT2D eigenvalue weighted by Crippen LogP contribution is 2.15. The van der Waals surface area contributed by atoms with Crippen LogP contribution < -0.4 is 5.32 Å². The van der Waals surface area contributed by atoms with Crippen LogP contribution in [0.2, 0.25) is 0 Å². The number of ketones is 1. The van der Waals surface area contributed by atoms with Crippen molar-refractivity contribution in [1.82, 2.24) is 5.32 Å². The van der Waals surface area contributed by atoms with Gasteiger partial charge in [-0.05, 0) is 29.8 Å². The highest BCUT2D eigenvalue weighted by atomic mass is 16.5. The second-order valence-electron chi connectivity index (χ2n) is 4.51. The topological polar surface area (TPSA) is 38.3 Å². The van der Waals surface area contributed by atoms with Gasteiger partial charge in [0.25, 0.3) is 0 Å². The number of hydrogen-bond acceptors (Lipinski definition) is 3. The first-order valence-corrected chi connectivity index (χ1v) is 6.53. The second kappa shape index (κ2) is 7.02. The van der Waals surface area contributed by atoms with Crippen molar-refractivity contribution in [3.05, 3.63) is 48.0 Å². The molecule has 0 fully saturated rings. The predicted octanol–water partition coefficient (Wildman–Crippen LogP) is 2.65. The van der Waals surface area contributed by atoms with E-state index in [4.69, 9.17) is 4.74 Å². The smallest absolute Gasteiger partial charge is 0.176 e. The van der Waals surface area contributed by atoms with Crippen molar-refractivity contribution in [3.63, 3.8) is 0 Å². The van der Waals surface area contributed by atoms with Crippen molar-refractivity contribution < 1.29 is 9.53 Å². The first kappa shape index (κ1) is 13.7. The molecule has 0 atom stereocenters. The van der Waals surface area contributed by atoms with Crippen molar-refractivity contribution in [3.8, 4) is 0 Å². The average molecular weight is 257 g/mol. The van der Waals surface area contributed by atoms with Crippen LogP contribution in [0.3, 0.4) is 0 Å². The molecule has 0 aliphatic rings. The number of Topliss-reactive ketones (excluding diaryl/α,β-unsaturated/α-hetero) is 1. The van der Waals surface area contributed by atoms with E-state index in [2.05, 4.69) is 5.32 Å². The number of methoxy groups -OCH3 is 1. The summed E-state index contributed by atoms with van der Waals surface area (Å²) in [5.41, 5.74) is 0.762. The highest BCUT2D eigenvalue weighted by Gasteiger charge is 2.05. The van der Waals surface area contributed by atoms with Gasteiger partial charge in [0.05, 0.1) is 6.54 Å². The summed E-state index contributed by atoms with van der Waals surface area (Å²) in [5, 5.41) is 5.40. The van der Waals surface area contributed by atoms with Crippen LogP contribution in [0.25, 0.3) is 10.8 Å². The minimum Gasteiger partial charge on any atom is -0.385 e. The Morgan fingerprint density at radius 2 is 1.95 bits per heavy atom. The normalized spacial score (nSPS) is 10.8. The van der Waals surface area contributed by atoms with Crippen LogP contribution in [0.4, 0.5) is 0 Å². The summed E-state index contributed by atoms with van der Waals surface area (Å²) in [6, 6.07) is 13.9. The summed E-state index contributed by atoms with van der Waals surface area (Å²) in [6.45, 7) is 1.90. The third-order valence-electron chi connectivity index (χ3n) is 3.06. The van der Waals surface area contributed by atoms with E-state index in [-0.39, 0.29) is 5.78 Å². The quantitative estimate of drug-likeness (QED) is 0.612. The molecule has 2 rings (SSSR count). The van der Waals surface area contributed by atoms with Crippen molar-refractivity contribution in [2.75, 3.05) is 26.8 Å². The van der Waals surface area contributed by atoms with Crippen LogP contribution in [0.15, 0.2) is 42.5 Å². The van der Waals surface area contributed by atoms with E-state index in [1.807, 2.05) is 42.5 Å². The molecule has 0 saturated carbocycles. The molecule has 0 amide bonds. The molecule has 0 unspecified atom stereocenters. The van der Waals surface area contributed by atoms with Crippen molar-refractivity contribution >= 4 is 16.6 Å². The van der Waals surface area contributed by atoms with E-state index in [9.17, 15) is 4.79 Å². The lowest BCUT2D eigenvalue weighted by Crippen LogP contribution is -2.24. The van der Waals surface area contributed by atoms with Crippen LogP contribution in [-0.2, 0) is 4.74 Å². The van der Waals surface area contributed by atoms with Crippen LogP contribution in [-0.4, -0.2) is 32.6 Å². The van der Waals surface area contributed by atoms with E-state index in [0.717, 1.165) is 35.9 Å². The Morgan fingerprint density at radius 3 is 2.74 bits per heavy atom. The van der Waals surface area contributed by atoms with Crippen molar-refractivity contribution in [1.29, 1.82) is 0 Å². The third-order valence-corrected chi connectivity index (χ3v) is 3.06. The van der Waals surface area contributed by atoms with Crippen LogP contribution in [0.5, 0.6) is 0 Å². The summed E-state index contributed by atoms with van der Waals surface area (Å²) in [5.74, 6) is 0.128. The van der Waals surface area contributed by atoms with E-state index in [0.29, 0.717) is 6.54 Å². The maximum atomic E-state index is 12.0. The first-order chi connectivity index (χ1) is 9.31. The van der Waals surface area contributed by atoms with Gasteiger partial charge in [-0.25, -0.2) is 0 Å². The minimum atomic E-state index is 0.128. The first-order valence-electron chi connectivity index (χ1n) is 6.53. The van der Waals surface area contributed by atoms with Gasteiger partial charge in [0.15, 0.2) is 5.78 Å². The zero-order valence-corrected chi connectivity index (χ0v) is 11.2. The standard InChI is InChI=1S/C16H19NO2/c1-19-10-4-9-17-12-16(18)15-8-7-13-5-2-3-6-14(13)11-15/h2-3,5-8,11,17H,4,9-10,12H2,1H3. The number of benzene rings is 2. The molecule has 3 heteroatoms. The number of rotatable bonds is 7. The summed E-state index contributed by atoms with van der Waals surface area (Å²) in [7, 11) is 1.68. The molecule has 1 N–H and O–H groups in total. The lowest BCUT2D eigenvalue weighted by Gasteiger charge is -2.05. The number of carbonyl (C=O) groups is 1. The number of carbonyl (C=O) groups excluding carboxylic acids is 1. The van der Waals surface area contributed by atoms with Gasteiger partial charge in [-0.2, -0.15) is 0 Å². The van der Waals surface area contributed by atoms with Gasteiger partial charge in [0, 0.05) is 19.3 Å². The maximum Gasteiger partial charge on any atom is 0.176 e. The monoisotopic (exact) mass is 257 g/mol. The van der Waals surface area contributed by atoms with Gasteiger partial charge in [-0.1, -0.05) is 36.4 Å². The van der Waals surface area contributed by atoms with Gasteiger partial charge < -0.3 is 10.1 Å². The van der Waals surface area contributed by atoms with E-state index >= 15 is 0 Å².